The smallest absolute Gasteiger partial charge is 0.128 e. The van der Waals surface area contributed by atoms with Gasteiger partial charge in [-0.05, 0) is 40.3 Å². The van der Waals surface area contributed by atoms with Crippen LogP contribution < -0.4 is 10.1 Å². The maximum absolute atomic E-state index is 5.48. The van der Waals surface area contributed by atoms with Gasteiger partial charge in [-0.25, -0.2) is 0 Å². The van der Waals surface area contributed by atoms with Gasteiger partial charge < -0.3 is 10.1 Å². The van der Waals surface area contributed by atoms with Crippen LogP contribution in [0.4, 0.5) is 0 Å². The molecule has 0 aliphatic carbocycles. The third-order valence-electron chi connectivity index (χ3n) is 4.11. The minimum Gasteiger partial charge on any atom is -0.496 e. The van der Waals surface area contributed by atoms with Crippen LogP contribution in [0.5, 0.6) is 5.75 Å². The van der Waals surface area contributed by atoms with Crippen LogP contribution >= 0.6 is 0 Å². The Balaban J connectivity index is 1.98. The van der Waals surface area contributed by atoms with Gasteiger partial charge in [0.15, 0.2) is 0 Å². The fourth-order valence-electron chi connectivity index (χ4n) is 3.01. The topological polar surface area (TPSA) is 37.4 Å². The summed E-state index contributed by atoms with van der Waals surface area (Å²) in [5.74, 6) is 0.971. The molecule has 1 aromatic heterocycles. The molecule has 1 atom stereocenters. The molecule has 0 spiro atoms. The summed E-state index contributed by atoms with van der Waals surface area (Å²) in [5, 5.41) is 3.60. The summed E-state index contributed by atoms with van der Waals surface area (Å²) in [7, 11) is 3.90. The molecule has 4 nitrogen and oxygen atoms in total. The van der Waals surface area contributed by atoms with E-state index in [0.29, 0.717) is 6.04 Å². The molecular weight excluding hydrogens is 250 g/mol. The number of likely N-dealkylation sites (N-methyl/N-ethyl adjacent to an activating group) is 1. The van der Waals surface area contributed by atoms with E-state index in [4.69, 9.17) is 4.74 Å². The maximum Gasteiger partial charge on any atom is 0.128 e. The zero-order chi connectivity index (χ0) is 14.5. The van der Waals surface area contributed by atoms with Gasteiger partial charge in [-0.1, -0.05) is 6.42 Å². The Morgan fingerprint density at radius 2 is 2.20 bits per heavy atom. The second-order valence-corrected chi connectivity index (χ2v) is 5.89. The van der Waals surface area contributed by atoms with Crippen molar-refractivity contribution in [1.29, 1.82) is 0 Å². The normalized spacial score (nSPS) is 19.4. The highest BCUT2D eigenvalue weighted by Gasteiger charge is 2.16. The number of piperidine rings is 1. The van der Waals surface area contributed by atoms with E-state index in [1.165, 1.54) is 19.3 Å². The molecule has 1 aliphatic rings. The van der Waals surface area contributed by atoms with Crippen molar-refractivity contribution in [2.45, 2.75) is 45.7 Å². The molecule has 1 fully saturated rings. The Morgan fingerprint density at radius 1 is 1.40 bits per heavy atom. The van der Waals surface area contributed by atoms with Crippen LogP contribution in [0.15, 0.2) is 6.20 Å². The second-order valence-electron chi connectivity index (χ2n) is 5.89. The van der Waals surface area contributed by atoms with Crippen molar-refractivity contribution in [3.63, 3.8) is 0 Å². The zero-order valence-electron chi connectivity index (χ0n) is 13.2. The van der Waals surface area contributed by atoms with Gasteiger partial charge in [0.1, 0.15) is 5.75 Å². The van der Waals surface area contributed by atoms with Crippen molar-refractivity contribution in [3.8, 4) is 5.75 Å². The number of hydrogen-bond acceptors (Lipinski definition) is 4. The lowest BCUT2D eigenvalue weighted by atomic mass is 10.0. The van der Waals surface area contributed by atoms with E-state index in [0.717, 1.165) is 42.2 Å². The standard InChI is InChI=1S/C16H27N3O/c1-12-9-18-15(13(2)16(12)20-4)11-19(3)10-14-7-5-6-8-17-14/h9,14,17H,5-8,10-11H2,1-4H3. The molecule has 1 unspecified atom stereocenters. The molecule has 2 rings (SSSR count). The average Bonchev–Trinajstić information content (AvgIpc) is 2.44. The molecule has 0 aromatic carbocycles. The molecule has 1 N–H and O–H groups in total. The van der Waals surface area contributed by atoms with E-state index in [1.54, 1.807) is 7.11 Å². The Hall–Kier alpha value is -1.13. The molecule has 0 bridgehead atoms. The average molecular weight is 277 g/mol. The van der Waals surface area contributed by atoms with Gasteiger partial charge in [0.05, 0.1) is 12.8 Å². The zero-order valence-corrected chi connectivity index (χ0v) is 13.2. The largest absolute Gasteiger partial charge is 0.496 e. The van der Waals surface area contributed by atoms with Crippen LogP contribution in [0.25, 0.3) is 0 Å². The van der Waals surface area contributed by atoms with Crippen molar-refractivity contribution in [3.05, 3.63) is 23.0 Å². The van der Waals surface area contributed by atoms with E-state index in [1.807, 2.05) is 13.1 Å². The molecule has 0 amide bonds. The second kappa shape index (κ2) is 7.04. The first-order chi connectivity index (χ1) is 9.61. The van der Waals surface area contributed by atoms with Crippen molar-refractivity contribution in [2.24, 2.45) is 0 Å². The van der Waals surface area contributed by atoms with Crippen LogP contribution in [0.1, 0.15) is 36.1 Å². The first-order valence-electron chi connectivity index (χ1n) is 7.52. The van der Waals surface area contributed by atoms with Crippen molar-refractivity contribution in [1.82, 2.24) is 15.2 Å². The predicted molar refractivity (Wildman–Crippen MR) is 82.2 cm³/mol. The van der Waals surface area contributed by atoms with E-state index in [2.05, 4.69) is 29.2 Å². The quantitative estimate of drug-likeness (QED) is 0.896. The maximum atomic E-state index is 5.48. The lowest BCUT2D eigenvalue weighted by molar-refractivity contribution is 0.253. The monoisotopic (exact) mass is 277 g/mol. The van der Waals surface area contributed by atoms with Crippen LogP contribution in [0, 0.1) is 13.8 Å². The lowest BCUT2D eigenvalue weighted by Crippen LogP contribution is -2.42. The first-order valence-corrected chi connectivity index (χ1v) is 7.52. The summed E-state index contributed by atoms with van der Waals surface area (Å²) >= 11 is 0. The van der Waals surface area contributed by atoms with Gasteiger partial charge in [-0.15, -0.1) is 0 Å². The summed E-state index contributed by atoms with van der Waals surface area (Å²) in [6, 6.07) is 0.626. The summed E-state index contributed by atoms with van der Waals surface area (Å²) in [6.07, 6.45) is 5.86. The molecule has 4 heteroatoms. The third kappa shape index (κ3) is 3.70. The highest BCUT2D eigenvalue weighted by Crippen LogP contribution is 2.24. The van der Waals surface area contributed by atoms with E-state index in [9.17, 15) is 0 Å². The summed E-state index contributed by atoms with van der Waals surface area (Å²) in [6.45, 7) is 7.26. The van der Waals surface area contributed by atoms with Gasteiger partial charge >= 0.3 is 0 Å². The molecule has 112 valence electrons. The SMILES string of the molecule is COc1c(C)cnc(CN(C)CC2CCCCN2)c1C. The fraction of sp³-hybridized carbons (Fsp3) is 0.688. The number of methoxy groups -OCH3 is 1. The van der Waals surface area contributed by atoms with Gasteiger partial charge in [0.2, 0.25) is 0 Å². The Labute approximate surface area is 122 Å². The third-order valence-corrected chi connectivity index (χ3v) is 4.11. The van der Waals surface area contributed by atoms with Crippen LogP contribution in [0.3, 0.4) is 0 Å². The van der Waals surface area contributed by atoms with Crippen LogP contribution in [-0.2, 0) is 6.54 Å². The molecular formula is C16H27N3O. The Morgan fingerprint density at radius 3 is 2.85 bits per heavy atom. The molecule has 1 aliphatic heterocycles. The number of aryl methyl sites for hydroxylation is 1. The number of rotatable bonds is 5. The predicted octanol–water partition coefficient (Wildman–Crippen LogP) is 2.28. The summed E-state index contributed by atoms with van der Waals surface area (Å²) in [4.78, 5) is 6.93. The van der Waals surface area contributed by atoms with Gasteiger partial charge in [-0.3, -0.25) is 9.88 Å². The molecule has 1 aromatic rings. The number of hydrogen-bond donors (Lipinski definition) is 1. The van der Waals surface area contributed by atoms with Gasteiger partial charge in [0, 0.05) is 36.5 Å². The van der Waals surface area contributed by atoms with E-state index >= 15 is 0 Å². The molecule has 20 heavy (non-hydrogen) atoms. The van der Waals surface area contributed by atoms with Crippen molar-refractivity contribution in [2.75, 3.05) is 27.2 Å². The summed E-state index contributed by atoms with van der Waals surface area (Å²) in [5.41, 5.74) is 3.38. The highest BCUT2D eigenvalue weighted by molar-refractivity contribution is 5.40. The van der Waals surface area contributed by atoms with E-state index < -0.39 is 0 Å². The Bertz CT molecular complexity index is 442. The number of nitrogens with zero attached hydrogens (tertiary/aromatic N) is 2. The number of aromatic nitrogens is 1. The molecule has 0 saturated carbocycles. The molecule has 2 heterocycles. The number of nitrogens with one attached hydrogen (secondary N) is 1. The van der Waals surface area contributed by atoms with Crippen LogP contribution in [0.2, 0.25) is 0 Å². The van der Waals surface area contributed by atoms with Gasteiger partial charge in [0.25, 0.3) is 0 Å². The number of ether oxygens (including phenoxy) is 1. The molecule has 1 saturated heterocycles. The minimum absolute atomic E-state index is 0.626. The van der Waals surface area contributed by atoms with Gasteiger partial charge in [-0.2, -0.15) is 0 Å². The van der Waals surface area contributed by atoms with Crippen molar-refractivity contribution < 1.29 is 4.74 Å². The van der Waals surface area contributed by atoms with Crippen molar-refractivity contribution >= 4 is 0 Å². The first kappa shape index (κ1) is 15.3. The minimum atomic E-state index is 0.626. The highest BCUT2D eigenvalue weighted by atomic mass is 16.5. The Kier molecular flexibility index (Phi) is 5.38. The van der Waals surface area contributed by atoms with E-state index in [-0.39, 0.29) is 0 Å². The lowest BCUT2D eigenvalue weighted by Gasteiger charge is -2.28. The number of pyridine rings is 1. The summed E-state index contributed by atoms with van der Waals surface area (Å²) < 4.78 is 5.48. The fourth-order valence-corrected chi connectivity index (χ4v) is 3.01. The van der Waals surface area contributed by atoms with Crippen LogP contribution in [-0.4, -0.2) is 43.2 Å². The molecule has 0 radical (unpaired) electrons.